The molecule has 0 aliphatic rings. The number of nitro benzene ring substituents is 1. The van der Waals surface area contributed by atoms with Crippen LogP contribution in [-0.4, -0.2) is 27.9 Å². The Labute approximate surface area is 114 Å². The average molecular weight is 285 g/mol. The van der Waals surface area contributed by atoms with Gasteiger partial charge in [0.15, 0.2) is 0 Å². The lowest BCUT2D eigenvalue weighted by atomic mass is 10.3. The van der Waals surface area contributed by atoms with Gasteiger partial charge in [-0.25, -0.2) is 0 Å². The molecule has 1 atom stereocenters. The lowest BCUT2D eigenvalue weighted by molar-refractivity contribution is -0.385. The largest absolute Gasteiger partial charge is 0.494 e. The van der Waals surface area contributed by atoms with E-state index in [0.717, 1.165) is 0 Å². The summed E-state index contributed by atoms with van der Waals surface area (Å²) in [7, 11) is 0. The summed E-state index contributed by atoms with van der Waals surface area (Å²) in [5, 5.41) is 19.3. The van der Waals surface area contributed by atoms with Crippen LogP contribution in [0.2, 0.25) is 0 Å². The third kappa shape index (κ3) is 5.17. The van der Waals surface area contributed by atoms with Crippen molar-refractivity contribution in [3.05, 3.63) is 28.3 Å². The summed E-state index contributed by atoms with van der Waals surface area (Å²) in [6.45, 7) is 3.96. The van der Waals surface area contributed by atoms with E-state index in [2.05, 4.69) is 0 Å². The van der Waals surface area contributed by atoms with Crippen LogP contribution in [0.25, 0.3) is 0 Å². The number of rotatable bonds is 7. The number of non-ortho nitro benzene ring substituents is 1. The van der Waals surface area contributed by atoms with Crippen molar-refractivity contribution >= 4 is 23.4 Å². The van der Waals surface area contributed by atoms with Crippen LogP contribution < -0.4 is 4.74 Å². The molecule has 104 valence electrons. The summed E-state index contributed by atoms with van der Waals surface area (Å²) in [5.41, 5.74) is -0.0593. The van der Waals surface area contributed by atoms with Gasteiger partial charge in [0, 0.05) is 16.2 Å². The first-order valence-electron chi connectivity index (χ1n) is 5.73. The van der Waals surface area contributed by atoms with E-state index in [1.54, 1.807) is 19.9 Å². The van der Waals surface area contributed by atoms with Crippen molar-refractivity contribution in [1.82, 2.24) is 0 Å². The molecule has 1 N–H and O–H groups in total. The Morgan fingerprint density at radius 3 is 2.74 bits per heavy atom. The minimum atomic E-state index is -0.893. The number of hydrogen-bond acceptors (Lipinski definition) is 5. The second-order valence-electron chi connectivity index (χ2n) is 3.88. The van der Waals surface area contributed by atoms with E-state index in [9.17, 15) is 14.9 Å². The molecule has 7 heteroatoms. The maximum absolute atomic E-state index is 10.8. The summed E-state index contributed by atoms with van der Waals surface area (Å²) in [6.07, 6.45) is -0.00265. The van der Waals surface area contributed by atoms with E-state index in [4.69, 9.17) is 9.84 Å². The van der Waals surface area contributed by atoms with Gasteiger partial charge in [-0.3, -0.25) is 14.9 Å². The molecule has 1 aromatic rings. The summed E-state index contributed by atoms with van der Waals surface area (Å²) in [4.78, 5) is 21.6. The summed E-state index contributed by atoms with van der Waals surface area (Å²) in [5.74, 6) is -0.475. The highest BCUT2D eigenvalue weighted by molar-refractivity contribution is 8.00. The zero-order valence-corrected chi connectivity index (χ0v) is 11.5. The Morgan fingerprint density at radius 1 is 1.53 bits per heavy atom. The summed E-state index contributed by atoms with van der Waals surface area (Å²) >= 11 is 1.28. The molecule has 0 heterocycles. The van der Waals surface area contributed by atoms with E-state index >= 15 is 0 Å². The number of carboxylic acids is 1. The number of ether oxygens (including phenoxy) is 1. The van der Waals surface area contributed by atoms with Crippen LogP contribution in [0.15, 0.2) is 23.1 Å². The van der Waals surface area contributed by atoms with Gasteiger partial charge < -0.3 is 9.84 Å². The Bertz CT molecular complexity index is 477. The number of nitro groups is 1. The van der Waals surface area contributed by atoms with Gasteiger partial charge in [0.25, 0.3) is 5.69 Å². The fourth-order valence-corrected chi connectivity index (χ4v) is 2.56. The molecule has 0 aromatic heterocycles. The van der Waals surface area contributed by atoms with Crippen molar-refractivity contribution in [3.8, 4) is 5.75 Å². The second-order valence-corrected chi connectivity index (χ2v) is 5.39. The topological polar surface area (TPSA) is 89.7 Å². The van der Waals surface area contributed by atoms with Crippen LogP contribution in [0.1, 0.15) is 20.3 Å². The quantitative estimate of drug-likeness (QED) is 0.470. The lowest BCUT2D eigenvalue weighted by Gasteiger charge is -2.10. The molecule has 0 aliphatic heterocycles. The van der Waals surface area contributed by atoms with Gasteiger partial charge in [-0.1, -0.05) is 6.92 Å². The van der Waals surface area contributed by atoms with E-state index in [1.807, 2.05) is 0 Å². The number of hydrogen-bond donors (Lipinski definition) is 1. The van der Waals surface area contributed by atoms with Gasteiger partial charge in [0.1, 0.15) is 5.75 Å². The van der Waals surface area contributed by atoms with Crippen LogP contribution in [0.5, 0.6) is 5.75 Å². The van der Waals surface area contributed by atoms with E-state index in [1.165, 1.54) is 23.9 Å². The molecule has 0 spiro atoms. The molecule has 0 saturated heterocycles. The average Bonchev–Trinajstić information content (AvgIpc) is 2.27. The zero-order chi connectivity index (χ0) is 14.4. The number of thioether (sulfide) groups is 1. The normalized spacial score (nSPS) is 11.9. The molecule has 0 aliphatic carbocycles. The molecule has 19 heavy (non-hydrogen) atoms. The maximum atomic E-state index is 10.8. The Hall–Kier alpha value is -1.76. The number of benzene rings is 1. The molecular formula is C12H15NO5S. The minimum Gasteiger partial charge on any atom is -0.494 e. The molecule has 0 fully saturated rings. The molecule has 0 saturated carbocycles. The second kappa shape index (κ2) is 6.98. The molecule has 1 unspecified atom stereocenters. The van der Waals surface area contributed by atoms with Gasteiger partial charge >= 0.3 is 5.97 Å². The van der Waals surface area contributed by atoms with Crippen molar-refractivity contribution < 1.29 is 19.6 Å². The fraction of sp³-hybridized carbons (Fsp3) is 0.417. The Balaban J connectivity index is 2.92. The third-order valence-electron chi connectivity index (χ3n) is 2.19. The van der Waals surface area contributed by atoms with E-state index in [0.29, 0.717) is 17.3 Å². The van der Waals surface area contributed by atoms with Crippen LogP contribution in [0.4, 0.5) is 5.69 Å². The van der Waals surface area contributed by atoms with Crippen LogP contribution in [-0.2, 0) is 4.79 Å². The number of aliphatic carboxylic acids is 1. The highest BCUT2D eigenvalue weighted by Gasteiger charge is 2.14. The standard InChI is InChI=1S/C12H15NO5S/c1-3-18-10-5-9(13(16)17)6-11(7-10)19-8(2)4-12(14)15/h5-8H,3-4H2,1-2H3,(H,14,15). The van der Waals surface area contributed by atoms with E-state index in [-0.39, 0.29) is 17.4 Å². The highest BCUT2D eigenvalue weighted by atomic mass is 32.2. The number of carboxylic acid groups (broad SMARTS) is 1. The van der Waals surface area contributed by atoms with Gasteiger partial charge in [-0.05, 0) is 13.0 Å². The third-order valence-corrected chi connectivity index (χ3v) is 3.26. The number of carbonyl (C=O) groups is 1. The predicted octanol–water partition coefficient (Wildman–Crippen LogP) is 2.95. The number of nitrogens with zero attached hydrogens (tertiary/aromatic N) is 1. The molecule has 0 radical (unpaired) electrons. The van der Waals surface area contributed by atoms with Crippen molar-refractivity contribution in [3.63, 3.8) is 0 Å². The maximum Gasteiger partial charge on any atom is 0.304 e. The van der Waals surface area contributed by atoms with Gasteiger partial charge in [0.2, 0.25) is 0 Å². The molecule has 0 amide bonds. The van der Waals surface area contributed by atoms with Crippen LogP contribution in [0, 0.1) is 10.1 Å². The lowest BCUT2D eigenvalue weighted by Crippen LogP contribution is -2.05. The molecule has 0 bridgehead atoms. The summed E-state index contributed by atoms with van der Waals surface area (Å²) < 4.78 is 5.27. The monoisotopic (exact) mass is 285 g/mol. The fourth-order valence-electron chi connectivity index (χ4n) is 1.50. The van der Waals surface area contributed by atoms with Crippen molar-refractivity contribution in [2.45, 2.75) is 30.4 Å². The molecular weight excluding hydrogens is 270 g/mol. The minimum absolute atomic E-state index is 0.00265. The molecule has 1 rings (SSSR count). The van der Waals surface area contributed by atoms with Crippen molar-refractivity contribution in [2.24, 2.45) is 0 Å². The molecule has 6 nitrogen and oxygen atoms in total. The van der Waals surface area contributed by atoms with Crippen LogP contribution in [0.3, 0.4) is 0 Å². The first-order chi connectivity index (χ1) is 8.92. The van der Waals surface area contributed by atoms with Gasteiger partial charge in [-0.15, -0.1) is 11.8 Å². The van der Waals surface area contributed by atoms with Crippen LogP contribution >= 0.6 is 11.8 Å². The highest BCUT2D eigenvalue weighted by Crippen LogP contribution is 2.32. The predicted molar refractivity (Wildman–Crippen MR) is 71.8 cm³/mol. The molecule has 1 aromatic carbocycles. The van der Waals surface area contributed by atoms with Crippen molar-refractivity contribution in [1.29, 1.82) is 0 Å². The zero-order valence-electron chi connectivity index (χ0n) is 10.7. The first-order valence-corrected chi connectivity index (χ1v) is 6.61. The first kappa shape index (κ1) is 15.3. The SMILES string of the molecule is CCOc1cc(SC(C)CC(=O)O)cc([N+](=O)[O-])c1. The smallest absolute Gasteiger partial charge is 0.304 e. The Morgan fingerprint density at radius 2 is 2.21 bits per heavy atom. The van der Waals surface area contributed by atoms with Gasteiger partial charge in [-0.2, -0.15) is 0 Å². The van der Waals surface area contributed by atoms with E-state index < -0.39 is 10.9 Å². The summed E-state index contributed by atoms with van der Waals surface area (Å²) in [6, 6.07) is 4.46. The Kier molecular flexibility index (Phi) is 5.62. The van der Waals surface area contributed by atoms with Crippen molar-refractivity contribution in [2.75, 3.05) is 6.61 Å². The van der Waals surface area contributed by atoms with Gasteiger partial charge in [0.05, 0.1) is 24.0 Å².